The lowest BCUT2D eigenvalue weighted by atomic mass is 9.89. The van der Waals surface area contributed by atoms with Crippen LogP contribution in [0.4, 0.5) is 0 Å². The number of esters is 5. The molecule has 0 amide bonds. The first-order valence-corrected chi connectivity index (χ1v) is 15.9. The molecule has 17 heteroatoms. The van der Waals surface area contributed by atoms with Crippen LogP contribution in [0.5, 0.6) is 0 Å². The Hall–Kier alpha value is -5.45. The van der Waals surface area contributed by atoms with Gasteiger partial charge in [0.05, 0.1) is 5.39 Å². The van der Waals surface area contributed by atoms with Crippen molar-refractivity contribution in [2.75, 3.05) is 6.61 Å². The summed E-state index contributed by atoms with van der Waals surface area (Å²) in [6.45, 7) is 5.66. The number of ether oxygens (including phenoxy) is 5. The third-order valence-corrected chi connectivity index (χ3v) is 8.66. The Labute approximate surface area is 281 Å². The van der Waals surface area contributed by atoms with Gasteiger partial charge in [-0.05, 0) is 24.0 Å². The fourth-order valence-electron chi connectivity index (χ4n) is 5.81. The van der Waals surface area contributed by atoms with Crippen molar-refractivity contribution in [3.63, 3.8) is 0 Å². The molecule has 0 unspecified atom stereocenters. The molecule has 3 aromatic heterocycles. The number of fused-ring (bicyclic) bond motifs is 6. The Morgan fingerprint density at radius 3 is 2.06 bits per heavy atom. The first-order valence-electron chi connectivity index (χ1n) is 15.1. The summed E-state index contributed by atoms with van der Waals surface area (Å²) in [5.41, 5.74) is 1.87. The molecule has 0 fully saturated rings. The van der Waals surface area contributed by atoms with Crippen molar-refractivity contribution < 1.29 is 52.5 Å². The first kappa shape index (κ1) is 34.9. The standard InChI is InChI=1S/C32H32N4O12S/c1-14(37)36-32-33-30-25(24-21-10-8-7-9-20(21)11-12-23(24)49-30)31(43)35(32)29(34-36)28(48-19(6)42)27(47-18(5)41)26(46-17(4)40)22(45-16(3)39)13-44-15(2)38/h7-10,22,26-28H,11-13H2,1-6H3/t22-,26-,27+,28-/m1/s1. The molecule has 4 aromatic rings. The third kappa shape index (κ3) is 7.06. The maximum atomic E-state index is 14.6. The number of hydrogen-bond donors (Lipinski definition) is 0. The number of thiophene rings is 1. The van der Waals surface area contributed by atoms with Crippen LogP contribution in [0.2, 0.25) is 0 Å². The zero-order valence-corrected chi connectivity index (χ0v) is 28.2. The SMILES string of the molecule is CC(=O)OC[C@@H](OC(C)=O)[C@@H](OC(C)=O)[C@H](OC(C)=O)[C@@H](OC(C)=O)c1nn(C(C)=O)c2nc3sc4c(c3c(=O)n12)-c1ccccc1CC4. The van der Waals surface area contributed by atoms with E-state index in [1.807, 2.05) is 24.3 Å². The predicted molar refractivity (Wildman–Crippen MR) is 170 cm³/mol. The van der Waals surface area contributed by atoms with Crippen LogP contribution in [0.1, 0.15) is 68.7 Å². The van der Waals surface area contributed by atoms with Gasteiger partial charge < -0.3 is 23.7 Å². The van der Waals surface area contributed by atoms with E-state index in [-0.39, 0.29) is 11.2 Å². The molecule has 0 saturated heterocycles. The van der Waals surface area contributed by atoms with Gasteiger partial charge >= 0.3 is 29.8 Å². The molecular weight excluding hydrogens is 664 g/mol. The van der Waals surface area contributed by atoms with Gasteiger partial charge in [0.2, 0.25) is 17.8 Å². The summed E-state index contributed by atoms with van der Waals surface area (Å²) >= 11 is 1.31. The average Bonchev–Trinajstić information content (AvgIpc) is 3.59. The summed E-state index contributed by atoms with van der Waals surface area (Å²) in [6, 6.07) is 7.62. The number of aromatic nitrogens is 4. The van der Waals surface area contributed by atoms with Crippen LogP contribution >= 0.6 is 11.3 Å². The van der Waals surface area contributed by atoms with Gasteiger partial charge in [-0.3, -0.25) is 33.6 Å². The molecule has 49 heavy (non-hydrogen) atoms. The van der Waals surface area contributed by atoms with E-state index in [0.717, 1.165) is 66.1 Å². The van der Waals surface area contributed by atoms with Crippen molar-refractivity contribution in [3.05, 3.63) is 50.9 Å². The highest BCUT2D eigenvalue weighted by atomic mass is 32.1. The van der Waals surface area contributed by atoms with Gasteiger partial charge in [-0.15, -0.1) is 16.4 Å². The Kier molecular flexibility index (Phi) is 9.93. The minimum Gasteiger partial charge on any atom is -0.462 e. The van der Waals surface area contributed by atoms with Gasteiger partial charge in [0.1, 0.15) is 11.4 Å². The molecule has 0 N–H and O–H groups in total. The smallest absolute Gasteiger partial charge is 0.303 e. The number of nitrogens with zero attached hydrogens (tertiary/aromatic N) is 4. The second kappa shape index (κ2) is 14.0. The molecule has 16 nitrogen and oxygen atoms in total. The van der Waals surface area contributed by atoms with E-state index in [1.165, 1.54) is 18.3 Å². The van der Waals surface area contributed by atoms with E-state index in [9.17, 15) is 33.6 Å². The van der Waals surface area contributed by atoms with Crippen LogP contribution in [-0.4, -0.2) is 79.8 Å². The summed E-state index contributed by atoms with van der Waals surface area (Å²) in [6.07, 6.45) is -5.80. The van der Waals surface area contributed by atoms with Crippen LogP contribution in [-0.2, 0) is 60.5 Å². The number of rotatable bonds is 10. The highest BCUT2D eigenvalue weighted by molar-refractivity contribution is 7.19. The molecule has 3 heterocycles. The zero-order valence-electron chi connectivity index (χ0n) is 27.3. The monoisotopic (exact) mass is 696 g/mol. The molecule has 4 atom stereocenters. The van der Waals surface area contributed by atoms with Gasteiger partial charge in [-0.1, -0.05) is 24.3 Å². The Balaban J connectivity index is 1.82. The van der Waals surface area contributed by atoms with Crippen LogP contribution < -0.4 is 5.56 Å². The van der Waals surface area contributed by atoms with Gasteiger partial charge in [-0.2, -0.15) is 4.68 Å². The summed E-state index contributed by atoms with van der Waals surface area (Å²) in [4.78, 5) is 95.0. The van der Waals surface area contributed by atoms with Crippen molar-refractivity contribution in [2.45, 2.75) is 78.8 Å². The molecule has 258 valence electrons. The molecule has 0 radical (unpaired) electrons. The molecule has 0 spiro atoms. The third-order valence-electron chi connectivity index (χ3n) is 7.52. The van der Waals surface area contributed by atoms with Gasteiger partial charge in [0, 0.05) is 52.0 Å². The van der Waals surface area contributed by atoms with Gasteiger partial charge in [0.25, 0.3) is 5.56 Å². The van der Waals surface area contributed by atoms with E-state index in [2.05, 4.69) is 10.1 Å². The summed E-state index contributed by atoms with van der Waals surface area (Å²) < 4.78 is 28.9. The number of carbonyl (C=O) groups excluding carboxylic acids is 6. The summed E-state index contributed by atoms with van der Waals surface area (Å²) in [5.74, 6) is -5.89. The van der Waals surface area contributed by atoms with Crippen LogP contribution in [0.25, 0.3) is 27.1 Å². The highest BCUT2D eigenvalue weighted by Crippen LogP contribution is 2.42. The maximum absolute atomic E-state index is 14.6. The van der Waals surface area contributed by atoms with E-state index in [4.69, 9.17) is 23.7 Å². The van der Waals surface area contributed by atoms with E-state index < -0.39 is 78.2 Å². The molecule has 0 bridgehead atoms. The highest BCUT2D eigenvalue weighted by Gasteiger charge is 2.47. The zero-order chi connectivity index (χ0) is 35.7. The number of hydrogen-bond acceptors (Lipinski definition) is 15. The van der Waals surface area contributed by atoms with Gasteiger partial charge in [-0.25, -0.2) is 9.38 Å². The summed E-state index contributed by atoms with van der Waals surface area (Å²) in [7, 11) is 0. The Morgan fingerprint density at radius 1 is 0.816 bits per heavy atom. The van der Waals surface area contributed by atoms with Crippen LogP contribution in [0, 0.1) is 0 Å². The molecule has 0 saturated carbocycles. The lowest BCUT2D eigenvalue weighted by Gasteiger charge is -2.34. The van der Waals surface area contributed by atoms with E-state index in [0.29, 0.717) is 16.8 Å². The van der Waals surface area contributed by atoms with Gasteiger partial charge in [0.15, 0.2) is 24.1 Å². The maximum Gasteiger partial charge on any atom is 0.303 e. The Morgan fingerprint density at radius 2 is 1.45 bits per heavy atom. The minimum atomic E-state index is -1.89. The van der Waals surface area contributed by atoms with Crippen molar-refractivity contribution in [1.29, 1.82) is 0 Å². The normalized spacial score (nSPS) is 14.5. The average molecular weight is 697 g/mol. The van der Waals surface area contributed by atoms with Crippen molar-refractivity contribution in [2.24, 2.45) is 0 Å². The number of benzene rings is 1. The number of aryl methyl sites for hydroxylation is 2. The first-order chi connectivity index (χ1) is 23.2. The quantitative estimate of drug-likeness (QED) is 0.173. The fraction of sp³-hybridized carbons (Fsp3) is 0.406. The van der Waals surface area contributed by atoms with Crippen molar-refractivity contribution in [3.8, 4) is 11.1 Å². The largest absolute Gasteiger partial charge is 0.462 e. The molecule has 1 aromatic carbocycles. The molecule has 0 aliphatic heterocycles. The second-order valence-corrected chi connectivity index (χ2v) is 12.3. The van der Waals surface area contributed by atoms with E-state index >= 15 is 0 Å². The summed E-state index contributed by atoms with van der Waals surface area (Å²) in [5, 5.41) is 4.54. The second-order valence-electron chi connectivity index (χ2n) is 11.2. The predicted octanol–water partition coefficient (Wildman–Crippen LogP) is 2.49. The number of carbonyl (C=O) groups is 6. The lowest BCUT2D eigenvalue weighted by Crippen LogP contribution is -2.50. The van der Waals surface area contributed by atoms with Crippen LogP contribution in [0.15, 0.2) is 29.1 Å². The van der Waals surface area contributed by atoms with Crippen molar-refractivity contribution in [1.82, 2.24) is 19.2 Å². The molecule has 5 rings (SSSR count). The molecule has 1 aliphatic carbocycles. The fourth-order valence-corrected chi connectivity index (χ4v) is 6.98. The molecule has 1 aliphatic rings. The topological polar surface area (TPSA) is 201 Å². The minimum absolute atomic E-state index is 0.226. The Bertz CT molecular complexity index is 2080. The van der Waals surface area contributed by atoms with Crippen LogP contribution in [0.3, 0.4) is 0 Å². The molecular formula is C32H32N4O12S. The van der Waals surface area contributed by atoms with Crippen molar-refractivity contribution >= 4 is 63.1 Å². The lowest BCUT2D eigenvalue weighted by molar-refractivity contribution is -0.204. The van der Waals surface area contributed by atoms with E-state index in [1.54, 1.807) is 0 Å².